The first-order valence-corrected chi connectivity index (χ1v) is 17.0. The number of carbonyl (C=O) groups excluding carboxylic acids is 2. The molecule has 16 nitrogen and oxygen atoms in total. The van der Waals surface area contributed by atoms with Crippen molar-refractivity contribution in [3.8, 4) is 5.75 Å². The van der Waals surface area contributed by atoms with Gasteiger partial charge in [-0.05, 0) is 68.8 Å². The molecule has 1 unspecified atom stereocenters. The zero-order valence-electron chi connectivity index (χ0n) is 26.9. The molecule has 0 spiro atoms. The number of primary amides is 1. The van der Waals surface area contributed by atoms with E-state index in [0.29, 0.717) is 58.5 Å². The lowest BCUT2D eigenvalue weighted by atomic mass is 10.0. The molecule has 1 atom stereocenters. The van der Waals surface area contributed by atoms with Crippen LogP contribution < -0.4 is 37.0 Å². The lowest BCUT2D eigenvalue weighted by molar-refractivity contribution is -0.114. The minimum Gasteiger partial charge on any atom is -0.491 e. The minimum atomic E-state index is -3.88. The molecule has 17 heteroatoms. The Labute approximate surface area is 277 Å². The summed E-state index contributed by atoms with van der Waals surface area (Å²) in [5, 5.41) is 16.2. The van der Waals surface area contributed by atoms with Crippen LogP contribution in [-0.4, -0.2) is 84.2 Å². The summed E-state index contributed by atoms with van der Waals surface area (Å²) < 4.78 is 33.7. The van der Waals surface area contributed by atoms with Crippen LogP contribution in [0.5, 0.6) is 5.75 Å². The Morgan fingerprint density at radius 1 is 1.08 bits per heavy atom. The van der Waals surface area contributed by atoms with E-state index in [1.165, 1.54) is 12.1 Å². The number of hydrazine groups is 1. The standard InChI is InChI=1S/C31H39N11O5S/c1-18-12-25(40(3)39-18)29(44)38-31-37-23-13-20(28(32)43)14-26(47-11-8-19-16-35-17-19)27(23)42(31)10-5-4-9-41-24-7-6-21(48(33,45)46)15-22(24)36-30(41)34-2/h4-7,12-15,18-19,35,39H,8-11,16-17H2,1-3H3,(H2,32,43)(H,34,36)(H2,33,45,46)(H,37,38,44)/b5-4+. The van der Waals surface area contributed by atoms with Gasteiger partial charge in [-0.2, -0.15) is 0 Å². The molecule has 8 N–H and O–H groups in total. The molecule has 4 heterocycles. The Bertz CT molecular complexity index is 2060. The van der Waals surface area contributed by atoms with Gasteiger partial charge in [-0.25, -0.2) is 29.0 Å². The van der Waals surface area contributed by atoms with E-state index in [9.17, 15) is 18.0 Å². The maximum absolute atomic E-state index is 13.4. The van der Waals surface area contributed by atoms with E-state index in [0.717, 1.165) is 19.5 Å². The van der Waals surface area contributed by atoms with Gasteiger partial charge in [-0.3, -0.25) is 14.9 Å². The summed E-state index contributed by atoms with van der Waals surface area (Å²) in [6.07, 6.45) is 6.49. The number of hydrogen-bond acceptors (Lipinski definition) is 11. The summed E-state index contributed by atoms with van der Waals surface area (Å²) in [5.41, 5.74) is 11.7. The second-order valence-corrected chi connectivity index (χ2v) is 13.4. The van der Waals surface area contributed by atoms with E-state index in [2.05, 4.69) is 26.4 Å². The molecular weight excluding hydrogens is 638 g/mol. The molecule has 2 amide bonds. The molecule has 1 saturated heterocycles. The van der Waals surface area contributed by atoms with Gasteiger partial charge < -0.3 is 35.2 Å². The lowest BCUT2D eigenvalue weighted by Crippen LogP contribution is -2.42. The zero-order valence-corrected chi connectivity index (χ0v) is 27.7. The molecule has 2 aromatic heterocycles. The Balaban J connectivity index is 1.34. The van der Waals surface area contributed by atoms with Crippen LogP contribution in [0.15, 0.2) is 59.2 Å². The number of fused-ring (bicyclic) bond motifs is 2. The molecule has 4 aromatic rings. The first-order valence-electron chi connectivity index (χ1n) is 15.5. The van der Waals surface area contributed by atoms with Gasteiger partial charge in [0.05, 0.1) is 28.1 Å². The highest BCUT2D eigenvalue weighted by Crippen LogP contribution is 2.32. The maximum Gasteiger partial charge on any atom is 0.275 e. The Kier molecular flexibility index (Phi) is 9.11. The van der Waals surface area contributed by atoms with Gasteiger partial charge in [-0.15, -0.1) is 0 Å². The molecule has 0 saturated carbocycles. The summed E-state index contributed by atoms with van der Waals surface area (Å²) in [6.45, 7) is 4.92. The highest BCUT2D eigenvalue weighted by Gasteiger charge is 2.26. The number of likely N-dealkylation sites (N-methyl/N-ethyl adjacent to an activating group) is 1. The average molecular weight is 678 g/mol. The summed E-state index contributed by atoms with van der Waals surface area (Å²) >= 11 is 0. The number of anilines is 2. The fraction of sp³-hybridized carbons (Fsp3) is 0.355. The van der Waals surface area contributed by atoms with Crippen molar-refractivity contribution >= 4 is 55.8 Å². The van der Waals surface area contributed by atoms with Gasteiger partial charge in [-0.1, -0.05) is 12.2 Å². The molecule has 6 rings (SSSR count). The summed E-state index contributed by atoms with van der Waals surface area (Å²) in [4.78, 5) is 34.9. The molecule has 2 aromatic carbocycles. The summed E-state index contributed by atoms with van der Waals surface area (Å²) in [7, 11) is -0.393. The van der Waals surface area contributed by atoms with E-state index < -0.39 is 15.9 Å². The number of benzene rings is 2. The third-order valence-electron chi connectivity index (χ3n) is 8.38. The number of aromatic nitrogens is 4. The van der Waals surface area contributed by atoms with Gasteiger partial charge in [0.15, 0.2) is 0 Å². The first-order chi connectivity index (χ1) is 22.9. The van der Waals surface area contributed by atoms with Crippen molar-refractivity contribution < 1.29 is 22.7 Å². The number of nitrogens with two attached hydrogens (primary N) is 2. The number of rotatable bonds is 13. The number of amides is 2. The highest BCUT2D eigenvalue weighted by molar-refractivity contribution is 7.89. The monoisotopic (exact) mass is 677 g/mol. The van der Waals surface area contributed by atoms with Crippen molar-refractivity contribution in [3.05, 3.63) is 59.8 Å². The number of hydrogen-bond donors (Lipinski definition) is 6. The van der Waals surface area contributed by atoms with Crippen LogP contribution in [0, 0.1) is 5.92 Å². The van der Waals surface area contributed by atoms with Crippen molar-refractivity contribution in [2.45, 2.75) is 37.4 Å². The SMILES string of the molecule is CNc1nc2cc(S(N)(=O)=O)ccc2n1C/C=C/Cn1c(NC(=O)C2=CC(C)NN2C)nc2cc(C(N)=O)cc(OCCC3CNC3)c21. The van der Waals surface area contributed by atoms with Crippen LogP contribution >= 0.6 is 0 Å². The zero-order chi connectivity index (χ0) is 34.2. The van der Waals surface area contributed by atoms with Gasteiger partial charge in [0.1, 0.15) is 17.0 Å². The number of carbonyl (C=O) groups is 2. The van der Waals surface area contributed by atoms with Crippen LogP contribution in [0.4, 0.5) is 11.9 Å². The van der Waals surface area contributed by atoms with Crippen LogP contribution in [-0.2, 0) is 27.9 Å². The molecule has 1 fully saturated rings. The normalized spacial score (nSPS) is 16.9. The largest absolute Gasteiger partial charge is 0.491 e. The average Bonchev–Trinajstić information content (AvgIpc) is 3.66. The molecular formula is C31H39N11O5S. The Morgan fingerprint density at radius 3 is 2.44 bits per heavy atom. The number of primary sulfonamides is 1. The molecule has 48 heavy (non-hydrogen) atoms. The van der Waals surface area contributed by atoms with E-state index >= 15 is 0 Å². The molecule has 2 aliphatic heterocycles. The van der Waals surface area contributed by atoms with Crippen LogP contribution in [0.3, 0.4) is 0 Å². The minimum absolute atomic E-state index is 0.0189. The van der Waals surface area contributed by atoms with Crippen molar-refractivity contribution in [2.24, 2.45) is 16.8 Å². The second-order valence-electron chi connectivity index (χ2n) is 11.9. The molecule has 0 bridgehead atoms. The van der Waals surface area contributed by atoms with Crippen LogP contribution in [0.25, 0.3) is 22.1 Å². The number of nitrogens with one attached hydrogen (secondary N) is 4. The highest BCUT2D eigenvalue weighted by atomic mass is 32.2. The van der Waals surface area contributed by atoms with Crippen molar-refractivity contribution in [2.75, 3.05) is 44.4 Å². The van der Waals surface area contributed by atoms with Crippen LogP contribution in [0.1, 0.15) is 23.7 Å². The summed E-state index contributed by atoms with van der Waals surface area (Å²) in [5.74, 6) is 0.784. The molecule has 0 aliphatic carbocycles. The van der Waals surface area contributed by atoms with Crippen molar-refractivity contribution in [1.29, 1.82) is 0 Å². The van der Waals surface area contributed by atoms with Crippen molar-refractivity contribution in [1.82, 2.24) is 34.9 Å². The Morgan fingerprint density at radius 2 is 1.81 bits per heavy atom. The molecule has 254 valence electrons. The molecule has 2 aliphatic rings. The third kappa shape index (κ3) is 6.70. The predicted molar refractivity (Wildman–Crippen MR) is 182 cm³/mol. The number of sulfonamides is 1. The fourth-order valence-corrected chi connectivity index (χ4v) is 6.35. The Hall–Kier alpha value is -4.97. The number of imidazole rings is 2. The van der Waals surface area contributed by atoms with E-state index in [4.69, 9.17) is 20.6 Å². The van der Waals surface area contributed by atoms with Crippen LogP contribution in [0.2, 0.25) is 0 Å². The van der Waals surface area contributed by atoms with Gasteiger partial charge in [0.25, 0.3) is 5.91 Å². The van der Waals surface area contributed by atoms with Gasteiger partial charge in [0.2, 0.25) is 27.8 Å². The van der Waals surface area contributed by atoms with E-state index in [-0.39, 0.29) is 34.9 Å². The molecule has 0 radical (unpaired) electrons. The van der Waals surface area contributed by atoms with Gasteiger partial charge in [0, 0.05) is 38.8 Å². The van der Waals surface area contributed by atoms with E-state index in [1.54, 1.807) is 37.3 Å². The smallest absolute Gasteiger partial charge is 0.275 e. The lowest BCUT2D eigenvalue weighted by Gasteiger charge is -2.26. The number of nitrogens with zero attached hydrogens (tertiary/aromatic N) is 5. The maximum atomic E-state index is 13.4. The fourth-order valence-electron chi connectivity index (χ4n) is 5.82. The number of ether oxygens (including phenoxy) is 1. The third-order valence-corrected chi connectivity index (χ3v) is 9.29. The second kappa shape index (κ2) is 13.3. The van der Waals surface area contributed by atoms with Crippen molar-refractivity contribution in [3.63, 3.8) is 0 Å². The summed E-state index contributed by atoms with van der Waals surface area (Å²) in [6, 6.07) is 7.74. The van der Waals surface area contributed by atoms with E-state index in [1.807, 2.05) is 34.3 Å². The topological polar surface area (TPSA) is 217 Å². The first kappa shape index (κ1) is 33.0. The predicted octanol–water partition coefficient (Wildman–Crippen LogP) is 1.08. The quantitative estimate of drug-likeness (QED) is 0.110. The number of allylic oxidation sites excluding steroid dienone is 2. The van der Waals surface area contributed by atoms with Gasteiger partial charge >= 0.3 is 0 Å².